The molecule has 1 aromatic carbocycles. The summed E-state index contributed by atoms with van der Waals surface area (Å²) >= 11 is 8.15. The fourth-order valence-electron chi connectivity index (χ4n) is 3.18. The number of aromatic nitrogens is 2. The number of nitrogens with zero attached hydrogens (tertiary/aromatic N) is 3. The number of rotatable bonds is 4. The van der Waals surface area contributed by atoms with Crippen LogP contribution in [0, 0.1) is 0 Å². The van der Waals surface area contributed by atoms with Crippen LogP contribution in [-0.4, -0.2) is 34.5 Å². The van der Waals surface area contributed by atoms with Crippen molar-refractivity contribution in [3.05, 3.63) is 70.3 Å². The summed E-state index contributed by atoms with van der Waals surface area (Å²) in [6.45, 7) is 3.78. The SMILES string of the molecule is Cl.Clc1ccccc1C1CNCCN1Cc1cnc(-c2ccccn2)s1. The molecule has 2 aromatic heterocycles. The van der Waals surface area contributed by atoms with Gasteiger partial charge < -0.3 is 5.32 Å². The minimum absolute atomic E-state index is 0. The smallest absolute Gasteiger partial charge is 0.142 e. The van der Waals surface area contributed by atoms with Crippen molar-refractivity contribution in [2.75, 3.05) is 19.6 Å². The molecule has 1 saturated heterocycles. The lowest BCUT2D eigenvalue weighted by molar-refractivity contribution is 0.155. The number of piperazine rings is 1. The van der Waals surface area contributed by atoms with Crippen LogP contribution in [0.5, 0.6) is 0 Å². The van der Waals surface area contributed by atoms with Gasteiger partial charge in [0.05, 0.1) is 5.69 Å². The van der Waals surface area contributed by atoms with E-state index in [1.165, 1.54) is 10.4 Å². The van der Waals surface area contributed by atoms with Crippen LogP contribution in [0.15, 0.2) is 54.9 Å². The summed E-state index contributed by atoms with van der Waals surface area (Å²) < 4.78 is 0. The molecule has 4 nitrogen and oxygen atoms in total. The molecule has 0 bridgehead atoms. The lowest BCUT2D eigenvalue weighted by Gasteiger charge is -2.36. The topological polar surface area (TPSA) is 41.0 Å². The maximum absolute atomic E-state index is 6.44. The van der Waals surface area contributed by atoms with Crippen LogP contribution in [0.2, 0.25) is 5.02 Å². The number of benzene rings is 1. The van der Waals surface area contributed by atoms with Gasteiger partial charge in [0, 0.05) is 54.5 Å². The number of hydrogen-bond acceptors (Lipinski definition) is 5. The highest BCUT2D eigenvalue weighted by molar-refractivity contribution is 7.14. The van der Waals surface area contributed by atoms with Crippen LogP contribution in [0.25, 0.3) is 10.7 Å². The van der Waals surface area contributed by atoms with Gasteiger partial charge in [0.1, 0.15) is 5.01 Å². The van der Waals surface area contributed by atoms with Crippen LogP contribution in [0.3, 0.4) is 0 Å². The third-order valence-corrected chi connectivity index (χ3v) is 5.76. The lowest BCUT2D eigenvalue weighted by atomic mass is 10.0. The monoisotopic (exact) mass is 406 g/mol. The highest BCUT2D eigenvalue weighted by Gasteiger charge is 2.26. The van der Waals surface area contributed by atoms with Gasteiger partial charge in [-0.05, 0) is 23.8 Å². The Bertz CT molecular complexity index is 840. The van der Waals surface area contributed by atoms with Gasteiger partial charge in [0.2, 0.25) is 0 Å². The second kappa shape index (κ2) is 8.93. The van der Waals surface area contributed by atoms with E-state index >= 15 is 0 Å². The van der Waals surface area contributed by atoms with Crippen LogP contribution in [0.4, 0.5) is 0 Å². The van der Waals surface area contributed by atoms with Crippen molar-refractivity contribution in [3.8, 4) is 10.7 Å². The average molecular weight is 407 g/mol. The van der Waals surface area contributed by atoms with Gasteiger partial charge in [-0.1, -0.05) is 35.9 Å². The first-order valence-electron chi connectivity index (χ1n) is 8.36. The summed E-state index contributed by atoms with van der Waals surface area (Å²) in [7, 11) is 0. The highest BCUT2D eigenvalue weighted by atomic mass is 35.5. The Morgan fingerprint density at radius 1 is 1.15 bits per heavy atom. The van der Waals surface area contributed by atoms with E-state index in [1.54, 1.807) is 17.5 Å². The predicted octanol–water partition coefficient (Wildman–Crippen LogP) is 4.43. The van der Waals surface area contributed by atoms with Gasteiger partial charge in [-0.25, -0.2) is 4.98 Å². The fourth-order valence-corrected chi connectivity index (χ4v) is 4.35. The van der Waals surface area contributed by atoms with Gasteiger partial charge >= 0.3 is 0 Å². The van der Waals surface area contributed by atoms with Gasteiger partial charge in [0.25, 0.3) is 0 Å². The van der Waals surface area contributed by atoms with Crippen molar-refractivity contribution >= 4 is 35.3 Å². The maximum Gasteiger partial charge on any atom is 0.142 e. The molecule has 1 fully saturated rings. The molecule has 0 aliphatic carbocycles. The predicted molar refractivity (Wildman–Crippen MR) is 110 cm³/mol. The van der Waals surface area contributed by atoms with Crippen molar-refractivity contribution in [2.24, 2.45) is 0 Å². The Morgan fingerprint density at radius 3 is 2.81 bits per heavy atom. The minimum Gasteiger partial charge on any atom is -0.314 e. The molecule has 1 aliphatic heterocycles. The van der Waals surface area contributed by atoms with E-state index in [2.05, 4.69) is 32.3 Å². The molecule has 136 valence electrons. The van der Waals surface area contributed by atoms with E-state index in [4.69, 9.17) is 11.6 Å². The van der Waals surface area contributed by atoms with Crippen molar-refractivity contribution < 1.29 is 0 Å². The second-order valence-corrected chi connectivity index (χ2v) is 7.58. The molecule has 1 atom stereocenters. The summed E-state index contributed by atoms with van der Waals surface area (Å²) in [5.41, 5.74) is 2.12. The molecule has 7 heteroatoms. The van der Waals surface area contributed by atoms with E-state index in [9.17, 15) is 0 Å². The largest absolute Gasteiger partial charge is 0.314 e. The van der Waals surface area contributed by atoms with E-state index < -0.39 is 0 Å². The normalized spacial score (nSPS) is 17.7. The van der Waals surface area contributed by atoms with Crippen LogP contribution >= 0.6 is 35.3 Å². The van der Waals surface area contributed by atoms with Crippen molar-refractivity contribution in [2.45, 2.75) is 12.6 Å². The molecule has 0 saturated carbocycles. The minimum atomic E-state index is 0. The maximum atomic E-state index is 6.44. The quantitative estimate of drug-likeness (QED) is 0.695. The first-order valence-corrected chi connectivity index (χ1v) is 9.56. The standard InChI is InChI=1S/C19H19ClN4S.ClH/c20-16-6-2-1-5-15(16)18-12-21-9-10-24(18)13-14-11-23-19(25-14)17-7-3-4-8-22-17;/h1-8,11,18,21H,9-10,12-13H2;1H. The summed E-state index contributed by atoms with van der Waals surface area (Å²) in [5.74, 6) is 0. The summed E-state index contributed by atoms with van der Waals surface area (Å²) in [4.78, 5) is 12.7. The number of pyridine rings is 1. The summed E-state index contributed by atoms with van der Waals surface area (Å²) in [5, 5.41) is 5.29. The Hall–Kier alpha value is -1.50. The molecule has 1 aliphatic rings. The van der Waals surface area contributed by atoms with Gasteiger partial charge in [-0.2, -0.15) is 0 Å². The molecule has 0 amide bonds. The Kier molecular flexibility index (Phi) is 6.62. The number of nitrogens with one attached hydrogen (secondary N) is 1. The molecule has 3 heterocycles. The van der Waals surface area contributed by atoms with E-state index in [1.807, 2.05) is 36.5 Å². The second-order valence-electron chi connectivity index (χ2n) is 6.06. The van der Waals surface area contributed by atoms with E-state index in [-0.39, 0.29) is 18.4 Å². The Balaban J connectivity index is 0.00000196. The molecular weight excluding hydrogens is 387 g/mol. The van der Waals surface area contributed by atoms with Gasteiger partial charge in [-0.15, -0.1) is 23.7 Å². The van der Waals surface area contributed by atoms with Crippen LogP contribution in [0.1, 0.15) is 16.5 Å². The number of thiazole rings is 1. The zero-order valence-corrected chi connectivity index (χ0v) is 16.5. The molecular formula is C19H20Cl2N4S. The zero-order valence-electron chi connectivity index (χ0n) is 14.1. The number of halogens is 2. The third-order valence-electron chi connectivity index (χ3n) is 4.41. The van der Waals surface area contributed by atoms with Crippen LogP contribution in [-0.2, 0) is 6.54 Å². The van der Waals surface area contributed by atoms with E-state index in [0.29, 0.717) is 0 Å². The van der Waals surface area contributed by atoms with Crippen molar-refractivity contribution in [1.29, 1.82) is 0 Å². The Labute approximate surface area is 168 Å². The fraction of sp³-hybridized carbons (Fsp3) is 0.263. The molecule has 0 spiro atoms. The van der Waals surface area contributed by atoms with Gasteiger partial charge in [0.15, 0.2) is 0 Å². The van der Waals surface area contributed by atoms with E-state index in [0.717, 1.165) is 41.9 Å². The molecule has 1 N–H and O–H groups in total. The summed E-state index contributed by atoms with van der Waals surface area (Å²) in [6, 6.07) is 14.3. The molecule has 0 radical (unpaired) electrons. The molecule has 4 rings (SSSR count). The van der Waals surface area contributed by atoms with Crippen molar-refractivity contribution in [3.63, 3.8) is 0 Å². The first kappa shape index (κ1) is 19.3. The highest BCUT2D eigenvalue weighted by Crippen LogP contribution is 2.31. The third kappa shape index (κ3) is 4.24. The lowest BCUT2D eigenvalue weighted by Crippen LogP contribution is -2.45. The average Bonchev–Trinajstić information content (AvgIpc) is 3.12. The van der Waals surface area contributed by atoms with Crippen LogP contribution < -0.4 is 5.32 Å². The number of hydrogen-bond donors (Lipinski definition) is 1. The van der Waals surface area contributed by atoms with Crippen molar-refractivity contribution in [1.82, 2.24) is 20.2 Å². The zero-order chi connectivity index (χ0) is 17.1. The Morgan fingerprint density at radius 2 is 2.00 bits per heavy atom. The molecule has 26 heavy (non-hydrogen) atoms. The summed E-state index contributed by atoms with van der Waals surface area (Å²) in [6.07, 6.45) is 3.78. The molecule has 3 aromatic rings. The first-order chi connectivity index (χ1) is 12.3. The molecule has 1 unspecified atom stereocenters. The van der Waals surface area contributed by atoms with Gasteiger partial charge in [-0.3, -0.25) is 9.88 Å².